The normalized spacial score (nSPS) is 12.8. The highest BCUT2D eigenvalue weighted by Gasteiger charge is 2.36. The van der Waals surface area contributed by atoms with Crippen molar-refractivity contribution in [3.05, 3.63) is 95.6 Å². The number of rotatable bonds is 3. The predicted octanol–water partition coefficient (Wildman–Crippen LogP) is 3.74. The summed E-state index contributed by atoms with van der Waals surface area (Å²) >= 11 is 0. The van der Waals surface area contributed by atoms with Crippen LogP contribution in [0.25, 0.3) is 0 Å². The minimum Gasteiger partial charge on any atom is -0.322 e. The van der Waals surface area contributed by atoms with Gasteiger partial charge in [-0.25, -0.2) is 4.90 Å². The van der Waals surface area contributed by atoms with E-state index in [4.69, 9.17) is 0 Å². The molecular formula is C21H14N2O3. The molecule has 3 aromatic carbocycles. The number of anilines is 2. The standard InChI is InChI=1S/C21H14N2O3/c24-19(14-7-3-1-4-8-14)22-15-11-12-17-18(13-15)21(26)23(20(17)25)16-9-5-2-6-10-16/h1-13H,(H,22,24). The summed E-state index contributed by atoms with van der Waals surface area (Å²) in [4.78, 5) is 38.7. The molecule has 0 fully saturated rings. The first-order valence-electron chi connectivity index (χ1n) is 8.09. The Labute approximate surface area is 149 Å². The molecule has 1 aliphatic rings. The van der Waals surface area contributed by atoms with Gasteiger partial charge in [0, 0.05) is 11.3 Å². The first kappa shape index (κ1) is 15.8. The number of imide groups is 1. The molecule has 0 aliphatic carbocycles. The molecule has 3 amide bonds. The number of nitrogens with zero attached hydrogens (tertiary/aromatic N) is 1. The predicted molar refractivity (Wildman–Crippen MR) is 98.4 cm³/mol. The second-order valence-electron chi connectivity index (χ2n) is 5.86. The largest absolute Gasteiger partial charge is 0.322 e. The number of hydrogen-bond donors (Lipinski definition) is 1. The van der Waals surface area contributed by atoms with Crippen molar-refractivity contribution in [2.45, 2.75) is 0 Å². The summed E-state index contributed by atoms with van der Waals surface area (Å²) in [5, 5.41) is 2.76. The molecular weight excluding hydrogens is 328 g/mol. The van der Waals surface area contributed by atoms with Crippen LogP contribution in [0.4, 0.5) is 11.4 Å². The third-order valence-corrected chi connectivity index (χ3v) is 4.19. The van der Waals surface area contributed by atoms with Gasteiger partial charge in [-0.3, -0.25) is 14.4 Å². The van der Waals surface area contributed by atoms with Gasteiger partial charge in [0.25, 0.3) is 17.7 Å². The molecule has 5 heteroatoms. The maximum atomic E-state index is 12.7. The van der Waals surface area contributed by atoms with E-state index in [9.17, 15) is 14.4 Å². The Morgan fingerprint density at radius 3 is 2.04 bits per heavy atom. The molecule has 0 aromatic heterocycles. The molecule has 0 unspecified atom stereocenters. The molecule has 0 atom stereocenters. The summed E-state index contributed by atoms with van der Waals surface area (Å²) < 4.78 is 0. The molecule has 0 saturated heterocycles. The smallest absolute Gasteiger partial charge is 0.266 e. The van der Waals surface area contributed by atoms with Crippen molar-refractivity contribution in [3.8, 4) is 0 Å². The number of nitrogens with one attached hydrogen (secondary N) is 1. The van der Waals surface area contributed by atoms with Crippen LogP contribution in [-0.4, -0.2) is 17.7 Å². The zero-order chi connectivity index (χ0) is 18.1. The number of carbonyl (C=O) groups excluding carboxylic acids is 3. The van der Waals surface area contributed by atoms with E-state index < -0.39 is 5.91 Å². The molecule has 0 saturated carbocycles. The third-order valence-electron chi connectivity index (χ3n) is 4.19. The Bertz CT molecular complexity index is 1010. The number of amides is 3. The Balaban J connectivity index is 1.63. The molecule has 3 aromatic rings. The molecule has 0 radical (unpaired) electrons. The van der Waals surface area contributed by atoms with Gasteiger partial charge in [-0.2, -0.15) is 0 Å². The maximum Gasteiger partial charge on any atom is 0.266 e. The fourth-order valence-corrected chi connectivity index (χ4v) is 2.92. The number of para-hydroxylation sites is 1. The molecule has 1 aliphatic heterocycles. The van der Waals surface area contributed by atoms with E-state index in [0.29, 0.717) is 22.5 Å². The topological polar surface area (TPSA) is 66.5 Å². The van der Waals surface area contributed by atoms with Gasteiger partial charge in [-0.1, -0.05) is 36.4 Å². The lowest BCUT2D eigenvalue weighted by molar-refractivity contribution is 0.0924. The second-order valence-corrected chi connectivity index (χ2v) is 5.86. The molecule has 5 nitrogen and oxygen atoms in total. The van der Waals surface area contributed by atoms with Crippen LogP contribution in [0.1, 0.15) is 31.1 Å². The van der Waals surface area contributed by atoms with Crippen LogP contribution in [-0.2, 0) is 0 Å². The lowest BCUT2D eigenvalue weighted by Crippen LogP contribution is -2.29. The van der Waals surface area contributed by atoms with Crippen LogP contribution in [0, 0.1) is 0 Å². The van der Waals surface area contributed by atoms with Crippen molar-refractivity contribution >= 4 is 29.1 Å². The van der Waals surface area contributed by atoms with Gasteiger partial charge in [0.2, 0.25) is 0 Å². The monoisotopic (exact) mass is 342 g/mol. The lowest BCUT2D eigenvalue weighted by Gasteiger charge is -2.13. The van der Waals surface area contributed by atoms with Gasteiger partial charge in [0.05, 0.1) is 16.8 Å². The van der Waals surface area contributed by atoms with Crippen LogP contribution in [0.3, 0.4) is 0 Å². The summed E-state index contributed by atoms with van der Waals surface area (Å²) in [6, 6.07) is 22.3. The Morgan fingerprint density at radius 2 is 1.35 bits per heavy atom. The number of hydrogen-bond acceptors (Lipinski definition) is 3. The van der Waals surface area contributed by atoms with Gasteiger partial charge in [-0.15, -0.1) is 0 Å². The quantitative estimate of drug-likeness (QED) is 0.737. The van der Waals surface area contributed by atoms with Crippen molar-refractivity contribution in [3.63, 3.8) is 0 Å². The average Bonchev–Trinajstić information content (AvgIpc) is 2.93. The first-order chi connectivity index (χ1) is 12.6. The van der Waals surface area contributed by atoms with Gasteiger partial charge in [-0.05, 0) is 42.5 Å². The first-order valence-corrected chi connectivity index (χ1v) is 8.09. The minimum atomic E-state index is -0.396. The van der Waals surface area contributed by atoms with E-state index in [0.717, 1.165) is 4.90 Å². The van der Waals surface area contributed by atoms with E-state index in [1.54, 1.807) is 66.7 Å². The van der Waals surface area contributed by atoms with Gasteiger partial charge >= 0.3 is 0 Å². The van der Waals surface area contributed by atoms with Gasteiger partial charge < -0.3 is 5.32 Å². The molecule has 126 valence electrons. The molecule has 0 bridgehead atoms. The number of carbonyl (C=O) groups is 3. The molecule has 26 heavy (non-hydrogen) atoms. The lowest BCUT2D eigenvalue weighted by atomic mass is 10.1. The zero-order valence-corrected chi connectivity index (χ0v) is 13.7. The summed E-state index contributed by atoms with van der Waals surface area (Å²) in [6.45, 7) is 0. The molecule has 0 spiro atoms. The molecule has 1 N–H and O–H groups in total. The van der Waals surface area contributed by atoms with Crippen molar-refractivity contribution < 1.29 is 14.4 Å². The van der Waals surface area contributed by atoms with Crippen LogP contribution in [0.2, 0.25) is 0 Å². The van der Waals surface area contributed by atoms with E-state index in [-0.39, 0.29) is 17.4 Å². The SMILES string of the molecule is O=C(Nc1ccc2c(c1)C(=O)N(c1ccccc1)C2=O)c1ccccc1. The van der Waals surface area contributed by atoms with Gasteiger partial charge in [0.15, 0.2) is 0 Å². The number of benzene rings is 3. The Hall–Kier alpha value is -3.73. The van der Waals surface area contributed by atoms with Gasteiger partial charge in [0.1, 0.15) is 0 Å². The van der Waals surface area contributed by atoms with Crippen molar-refractivity contribution in [2.75, 3.05) is 10.2 Å². The third kappa shape index (κ3) is 2.65. The van der Waals surface area contributed by atoms with E-state index in [1.165, 1.54) is 0 Å². The fourth-order valence-electron chi connectivity index (χ4n) is 2.92. The van der Waals surface area contributed by atoms with Crippen molar-refractivity contribution in [2.24, 2.45) is 0 Å². The van der Waals surface area contributed by atoms with Crippen LogP contribution < -0.4 is 10.2 Å². The zero-order valence-electron chi connectivity index (χ0n) is 13.7. The summed E-state index contributed by atoms with van der Waals surface area (Å²) in [5.41, 5.74) is 2.12. The van der Waals surface area contributed by atoms with Crippen LogP contribution in [0.15, 0.2) is 78.9 Å². The second kappa shape index (κ2) is 6.29. The minimum absolute atomic E-state index is 0.276. The van der Waals surface area contributed by atoms with E-state index in [1.807, 2.05) is 12.1 Å². The summed E-state index contributed by atoms with van der Waals surface area (Å²) in [5.74, 6) is -1.04. The Morgan fingerprint density at radius 1 is 0.731 bits per heavy atom. The van der Waals surface area contributed by atoms with E-state index in [2.05, 4.69) is 5.32 Å². The molecule has 4 rings (SSSR count). The highest BCUT2D eigenvalue weighted by atomic mass is 16.2. The van der Waals surface area contributed by atoms with Crippen molar-refractivity contribution in [1.29, 1.82) is 0 Å². The van der Waals surface area contributed by atoms with E-state index >= 15 is 0 Å². The van der Waals surface area contributed by atoms with Crippen molar-refractivity contribution in [1.82, 2.24) is 0 Å². The molecule has 1 heterocycles. The number of fused-ring (bicyclic) bond motifs is 1. The maximum absolute atomic E-state index is 12.7. The van der Waals surface area contributed by atoms with Crippen LogP contribution in [0.5, 0.6) is 0 Å². The highest BCUT2D eigenvalue weighted by molar-refractivity contribution is 6.34. The highest BCUT2D eigenvalue weighted by Crippen LogP contribution is 2.30. The Kier molecular flexibility index (Phi) is 3.82. The fraction of sp³-hybridized carbons (Fsp3) is 0. The average molecular weight is 342 g/mol. The summed E-state index contributed by atoms with van der Waals surface area (Å²) in [6.07, 6.45) is 0. The summed E-state index contributed by atoms with van der Waals surface area (Å²) in [7, 11) is 0. The van der Waals surface area contributed by atoms with Crippen LogP contribution >= 0.6 is 0 Å².